The summed E-state index contributed by atoms with van der Waals surface area (Å²) >= 11 is 6.16. The topological polar surface area (TPSA) is 46.9 Å². The molecule has 0 saturated heterocycles. The zero-order chi connectivity index (χ0) is 16.7. The van der Waals surface area contributed by atoms with Gasteiger partial charge >= 0.3 is 0 Å². The first-order chi connectivity index (χ1) is 11.6. The van der Waals surface area contributed by atoms with E-state index in [9.17, 15) is 4.79 Å². The molecular weight excluding hydrogens is 322 g/mol. The van der Waals surface area contributed by atoms with Crippen molar-refractivity contribution in [1.29, 1.82) is 0 Å². The van der Waals surface area contributed by atoms with Crippen LogP contribution in [0, 0.1) is 0 Å². The van der Waals surface area contributed by atoms with E-state index in [2.05, 4.69) is 24.4 Å². The van der Waals surface area contributed by atoms with Gasteiger partial charge in [0, 0.05) is 12.6 Å². The fourth-order valence-electron chi connectivity index (χ4n) is 3.56. The summed E-state index contributed by atoms with van der Waals surface area (Å²) in [6, 6.07) is 10.6. The van der Waals surface area contributed by atoms with E-state index >= 15 is 0 Å². The first-order valence-electron chi connectivity index (χ1n) is 8.41. The predicted octanol–water partition coefficient (Wildman–Crippen LogP) is 1.61. The fourth-order valence-corrected chi connectivity index (χ4v) is 3.77. The van der Waals surface area contributed by atoms with Gasteiger partial charge in [-0.1, -0.05) is 42.5 Å². The first kappa shape index (κ1) is 15.6. The summed E-state index contributed by atoms with van der Waals surface area (Å²) in [5, 5.41) is 4.95. The summed E-state index contributed by atoms with van der Waals surface area (Å²) < 4.78 is 1.80. The molecule has 1 aliphatic carbocycles. The third-order valence-electron chi connectivity index (χ3n) is 4.85. The number of nitrogens with one attached hydrogen (secondary N) is 1. The van der Waals surface area contributed by atoms with Crippen molar-refractivity contribution < 1.29 is 0 Å². The molecule has 4 nitrogen and oxygen atoms in total. The number of benzene rings is 1. The van der Waals surface area contributed by atoms with Crippen LogP contribution in [0.4, 0.5) is 0 Å². The molecule has 1 aliphatic heterocycles. The molecule has 1 aromatic carbocycles. The van der Waals surface area contributed by atoms with Crippen LogP contribution in [-0.2, 0) is 6.54 Å². The van der Waals surface area contributed by atoms with Crippen molar-refractivity contribution in [2.75, 3.05) is 0 Å². The maximum Gasteiger partial charge on any atom is 0.261 e. The molecule has 0 bridgehead atoms. The second-order valence-electron chi connectivity index (χ2n) is 6.49. The summed E-state index contributed by atoms with van der Waals surface area (Å²) in [6.45, 7) is 2.85. The average molecular weight is 342 g/mol. The Morgan fingerprint density at radius 2 is 2.12 bits per heavy atom. The summed E-state index contributed by atoms with van der Waals surface area (Å²) in [4.78, 5) is 17.5. The van der Waals surface area contributed by atoms with E-state index in [4.69, 9.17) is 16.6 Å². The van der Waals surface area contributed by atoms with Gasteiger partial charge in [0.15, 0.2) is 0 Å². The number of nitrogens with zero attached hydrogens (tertiary/aromatic N) is 2. The largest absolute Gasteiger partial charge is 0.301 e. The Bertz CT molecular complexity index is 936. The van der Waals surface area contributed by atoms with Crippen molar-refractivity contribution in [3.05, 3.63) is 62.6 Å². The number of rotatable bonds is 3. The predicted molar refractivity (Wildman–Crippen MR) is 96.3 cm³/mol. The van der Waals surface area contributed by atoms with Gasteiger partial charge < -0.3 is 5.32 Å². The van der Waals surface area contributed by atoms with Crippen molar-refractivity contribution in [3.63, 3.8) is 0 Å². The zero-order valence-corrected chi connectivity index (χ0v) is 14.3. The van der Waals surface area contributed by atoms with E-state index in [1.165, 1.54) is 5.56 Å². The van der Waals surface area contributed by atoms with Crippen LogP contribution in [0.2, 0.25) is 0 Å². The lowest BCUT2D eigenvalue weighted by atomic mass is 10.1. The Morgan fingerprint density at radius 1 is 1.33 bits per heavy atom. The van der Waals surface area contributed by atoms with Crippen LogP contribution in [0.5, 0.6) is 0 Å². The molecule has 5 heteroatoms. The molecule has 0 spiro atoms. The maximum absolute atomic E-state index is 12.7. The van der Waals surface area contributed by atoms with Gasteiger partial charge in [0.05, 0.1) is 22.0 Å². The molecule has 0 radical (unpaired) electrons. The second-order valence-corrected chi connectivity index (χ2v) is 7.05. The molecule has 0 fully saturated rings. The Labute approximate surface area is 145 Å². The Morgan fingerprint density at radius 3 is 2.92 bits per heavy atom. The number of hydrogen-bond acceptors (Lipinski definition) is 3. The van der Waals surface area contributed by atoms with Crippen LogP contribution < -0.4 is 21.4 Å². The Hall–Kier alpha value is -1.91. The van der Waals surface area contributed by atoms with E-state index in [0.717, 1.165) is 24.0 Å². The number of hydrogen-bond donors (Lipinski definition) is 1. The summed E-state index contributed by atoms with van der Waals surface area (Å²) in [6.07, 6.45) is 5.42. The lowest BCUT2D eigenvalue weighted by molar-refractivity contribution is 0.458. The van der Waals surface area contributed by atoms with E-state index in [1.54, 1.807) is 4.57 Å². The summed E-state index contributed by atoms with van der Waals surface area (Å²) in [7, 11) is 0. The van der Waals surface area contributed by atoms with Gasteiger partial charge in [0.25, 0.3) is 5.56 Å². The van der Waals surface area contributed by atoms with Gasteiger partial charge in [0.2, 0.25) is 0 Å². The quantitative estimate of drug-likeness (QED) is 0.863. The van der Waals surface area contributed by atoms with Gasteiger partial charge in [-0.05, 0) is 25.3 Å². The Kier molecular flexibility index (Phi) is 4.02. The van der Waals surface area contributed by atoms with Crippen molar-refractivity contribution in [2.24, 2.45) is 0 Å². The lowest BCUT2D eigenvalue weighted by Gasteiger charge is -2.19. The molecule has 2 aliphatic rings. The van der Waals surface area contributed by atoms with Crippen LogP contribution in [0.25, 0.3) is 12.2 Å². The third kappa shape index (κ3) is 2.70. The molecule has 1 aromatic heterocycles. The van der Waals surface area contributed by atoms with Crippen molar-refractivity contribution in [1.82, 2.24) is 14.9 Å². The lowest BCUT2D eigenvalue weighted by Crippen LogP contribution is -2.49. The minimum Gasteiger partial charge on any atom is -0.301 e. The van der Waals surface area contributed by atoms with Crippen LogP contribution in [0.15, 0.2) is 35.1 Å². The minimum atomic E-state index is -0.112. The molecule has 3 unspecified atom stereocenters. The fraction of sp³-hybridized carbons (Fsp3) is 0.368. The molecule has 0 saturated carbocycles. The van der Waals surface area contributed by atoms with Gasteiger partial charge in [-0.15, -0.1) is 11.6 Å². The van der Waals surface area contributed by atoms with Gasteiger partial charge in [-0.25, -0.2) is 4.98 Å². The Balaban J connectivity index is 1.69. The van der Waals surface area contributed by atoms with Gasteiger partial charge in [-0.3, -0.25) is 9.36 Å². The molecular formula is C19H20ClN3O. The molecule has 3 atom stereocenters. The summed E-state index contributed by atoms with van der Waals surface area (Å²) in [5.74, 6) is 0.846. The monoisotopic (exact) mass is 341 g/mol. The average Bonchev–Trinajstić information content (AvgIpc) is 2.99. The molecule has 2 aromatic rings. The highest BCUT2D eigenvalue weighted by Crippen LogP contribution is 2.24. The first-order valence-corrected chi connectivity index (χ1v) is 8.85. The van der Waals surface area contributed by atoms with E-state index < -0.39 is 0 Å². The molecule has 4 rings (SSSR count). The minimum absolute atomic E-state index is 0.0354. The number of aromatic nitrogens is 2. The highest BCUT2D eigenvalue weighted by molar-refractivity contribution is 6.24. The van der Waals surface area contributed by atoms with Crippen molar-refractivity contribution in [2.45, 2.75) is 43.8 Å². The summed E-state index contributed by atoms with van der Waals surface area (Å²) in [5.41, 5.74) is 1.27. The number of alkyl halides is 1. The molecule has 24 heavy (non-hydrogen) atoms. The second kappa shape index (κ2) is 6.19. The van der Waals surface area contributed by atoms with Gasteiger partial charge in [-0.2, -0.15) is 0 Å². The number of fused-ring (bicyclic) bond motifs is 2. The maximum atomic E-state index is 12.7. The zero-order valence-electron chi connectivity index (χ0n) is 13.6. The SMILES string of the molecule is CC(NC1CCn2c1nc1c(c2=O)=CC(Cl)CC=1)c1ccccc1. The van der Waals surface area contributed by atoms with Crippen LogP contribution in [0.3, 0.4) is 0 Å². The normalized spacial score (nSPS) is 22.9. The van der Waals surface area contributed by atoms with E-state index in [-0.39, 0.29) is 23.0 Å². The standard InChI is InChI=1S/C19H20ClN3O/c1-12(13-5-3-2-4-6-13)21-17-9-10-23-18(17)22-16-8-7-14(20)11-15(16)19(23)24/h2-6,8,11-12,14,17,21H,7,9-10H2,1H3. The van der Waals surface area contributed by atoms with Gasteiger partial charge in [0.1, 0.15) is 5.82 Å². The van der Waals surface area contributed by atoms with E-state index in [0.29, 0.717) is 11.8 Å². The van der Waals surface area contributed by atoms with Crippen molar-refractivity contribution >= 4 is 23.8 Å². The van der Waals surface area contributed by atoms with E-state index in [1.807, 2.05) is 30.4 Å². The van der Waals surface area contributed by atoms with Crippen LogP contribution >= 0.6 is 11.6 Å². The molecule has 1 N–H and O–H groups in total. The molecule has 124 valence electrons. The molecule has 2 heterocycles. The highest BCUT2D eigenvalue weighted by atomic mass is 35.5. The third-order valence-corrected chi connectivity index (χ3v) is 5.15. The molecule has 0 amide bonds. The van der Waals surface area contributed by atoms with Crippen molar-refractivity contribution in [3.8, 4) is 0 Å². The van der Waals surface area contributed by atoms with Crippen LogP contribution in [-0.4, -0.2) is 14.9 Å². The van der Waals surface area contributed by atoms with Crippen LogP contribution in [0.1, 0.15) is 43.2 Å². The smallest absolute Gasteiger partial charge is 0.261 e. The number of halogens is 1. The highest BCUT2D eigenvalue weighted by Gasteiger charge is 2.27.